The van der Waals surface area contributed by atoms with E-state index in [4.69, 9.17) is 4.74 Å². The van der Waals surface area contributed by atoms with Crippen molar-refractivity contribution < 1.29 is 22.2 Å². The lowest BCUT2D eigenvalue weighted by atomic mass is 10.1. The molecule has 0 bridgehead atoms. The van der Waals surface area contributed by atoms with Gasteiger partial charge in [0.25, 0.3) is 0 Å². The average Bonchev–Trinajstić information content (AvgIpc) is 2.73. The lowest BCUT2D eigenvalue weighted by molar-refractivity contribution is -0.929. The molecule has 0 aromatic carbocycles. The fraction of sp³-hybridized carbons (Fsp3) is 1.00. The Hall–Kier alpha value is -0.210. The summed E-state index contributed by atoms with van der Waals surface area (Å²) in [6.45, 7) is 18.8. The van der Waals surface area contributed by atoms with Crippen molar-refractivity contribution in [3.8, 4) is 0 Å². The fourth-order valence-corrected chi connectivity index (χ4v) is 4.42. The smallest absolute Gasteiger partial charge is 0.0946 e. The summed E-state index contributed by atoms with van der Waals surface area (Å²) in [7, 11) is -4.03. The maximum atomic E-state index is 10.3. The van der Waals surface area contributed by atoms with E-state index in [2.05, 4.69) is 32.6 Å². The van der Waals surface area contributed by atoms with Gasteiger partial charge in [-0.1, -0.05) is 53.4 Å². The van der Waals surface area contributed by atoms with Crippen LogP contribution in [0.3, 0.4) is 0 Å². The van der Waals surface area contributed by atoms with Crippen molar-refractivity contribution in [2.75, 3.05) is 64.8 Å². The molecule has 0 N–H and O–H groups in total. The number of hydrogen-bond donors (Lipinski definition) is 0. The predicted octanol–water partition coefficient (Wildman–Crippen LogP) is 4.26. The summed E-state index contributed by atoms with van der Waals surface area (Å²) >= 11 is 0. The van der Waals surface area contributed by atoms with Crippen LogP contribution in [-0.2, 0) is 14.9 Å². The van der Waals surface area contributed by atoms with Gasteiger partial charge >= 0.3 is 0 Å². The Kier molecular flexibility index (Phi) is 18.2. The highest BCUT2D eigenvalue weighted by atomic mass is 32.2. The molecule has 1 aliphatic rings. The van der Waals surface area contributed by atoms with Crippen molar-refractivity contribution in [3.63, 3.8) is 0 Å². The first-order valence-electron chi connectivity index (χ1n) is 12.4. The molecule has 0 radical (unpaired) electrons. The number of rotatable bonds is 16. The second kappa shape index (κ2) is 18.4. The molecule has 0 saturated carbocycles. The Morgan fingerprint density at radius 2 is 1.17 bits per heavy atom. The molecule has 0 aliphatic carbocycles. The van der Waals surface area contributed by atoms with Crippen LogP contribution < -0.4 is 0 Å². The van der Waals surface area contributed by atoms with Gasteiger partial charge in [-0.25, -0.2) is 8.42 Å². The minimum absolute atomic E-state index is 0.260. The first-order chi connectivity index (χ1) is 14.3. The van der Waals surface area contributed by atoms with Gasteiger partial charge in [-0.3, -0.25) is 4.90 Å². The fourth-order valence-electron chi connectivity index (χ4n) is 3.93. The van der Waals surface area contributed by atoms with E-state index in [1.807, 2.05) is 0 Å². The van der Waals surface area contributed by atoms with Crippen LogP contribution in [0, 0.1) is 0 Å². The zero-order valence-corrected chi connectivity index (χ0v) is 21.2. The van der Waals surface area contributed by atoms with E-state index in [0.717, 1.165) is 13.1 Å². The number of ether oxygens (including phenoxy) is 1. The van der Waals surface area contributed by atoms with Crippen molar-refractivity contribution in [2.45, 2.75) is 85.5 Å². The molecule has 0 atom stereocenters. The van der Waals surface area contributed by atoms with Crippen LogP contribution in [0.1, 0.15) is 85.5 Å². The normalized spacial score (nSPS) is 15.6. The summed E-state index contributed by atoms with van der Waals surface area (Å²) in [5.41, 5.74) is 0. The summed E-state index contributed by atoms with van der Waals surface area (Å²) in [4.78, 5) is 2.11. The molecule has 30 heavy (non-hydrogen) atoms. The maximum absolute atomic E-state index is 10.3. The van der Waals surface area contributed by atoms with Crippen LogP contribution in [0.25, 0.3) is 0 Å². The minimum Gasteiger partial charge on any atom is -0.748 e. The Labute approximate surface area is 187 Å². The number of nitrogens with zero attached hydrogens (tertiary/aromatic N) is 2. The second-order valence-corrected chi connectivity index (χ2v) is 10.2. The largest absolute Gasteiger partial charge is 0.748 e. The molecule has 1 rings (SSSR count). The van der Waals surface area contributed by atoms with Crippen LogP contribution in [0.5, 0.6) is 0 Å². The quantitative estimate of drug-likeness (QED) is 0.260. The van der Waals surface area contributed by atoms with Crippen LogP contribution in [0.2, 0.25) is 0 Å². The van der Waals surface area contributed by atoms with Gasteiger partial charge in [0.2, 0.25) is 0 Å². The van der Waals surface area contributed by atoms with Crippen molar-refractivity contribution >= 4 is 10.1 Å². The van der Waals surface area contributed by atoms with Gasteiger partial charge in [-0.15, -0.1) is 0 Å². The molecule has 1 saturated heterocycles. The van der Waals surface area contributed by atoms with Gasteiger partial charge in [-0.05, 0) is 38.6 Å². The highest BCUT2D eigenvalue weighted by molar-refractivity contribution is 7.85. The van der Waals surface area contributed by atoms with Gasteiger partial charge in [0.05, 0.1) is 49.5 Å². The Balaban J connectivity index is 0.000000579. The third-order valence-corrected chi connectivity index (χ3v) is 6.71. The molecule has 0 aromatic heterocycles. The summed E-state index contributed by atoms with van der Waals surface area (Å²) in [6.07, 6.45) is 11.5. The summed E-state index contributed by atoms with van der Waals surface area (Å²) in [6, 6.07) is 0. The monoisotopic (exact) mass is 450 g/mol. The molecule has 1 fully saturated rings. The van der Waals surface area contributed by atoms with Crippen LogP contribution in [0.4, 0.5) is 0 Å². The van der Waals surface area contributed by atoms with Gasteiger partial charge in [0, 0.05) is 18.8 Å². The topological polar surface area (TPSA) is 69.7 Å². The number of unbranched alkanes of at least 4 members (excludes halogenated alkanes) is 4. The highest BCUT2D eigenvalue weighted by Crippen LogP contribution is 2.16. The van der Waals surface area contributed by atoms with Crippen LogP contribution in [-0.4, -0.2) is 87.1 Å². The van der Waals surface area contributed by atoms with E-state index in [9.17, 15) is 13.0 Å². The van der Waals surface area contributed by atoms with Crippen molar-refractivity contribution in [1.82, 2.24) is 4.90 Å². The first-order valence-corrected chi connectivity index (χ1v) is 14.0. The van der Waals surface area contributed by atoms with E-state index in [0.29, 0.717) is 26.2 Å². The van der Waals surface area contributed by atoms with Gasteiger partial charge in [0.1, 0.15) is 0 Å². The molecule has 0 amide bonds. The molecular weight excluding hydrogens is 400 g/mol. The van der Waals surface area contributed by atoms with E-state index >= 15 is 0 Å². The number of hydrogen-bond acceptors (Lipinski definition) is 5. The summed E-state index contributed by atoms with van der Waals surface area (Å²) in [5, 5.41) is 0. The molecule has 182 valence electrons. The van der Waals surface area contributed by atoms with Gasteiger partial charge in [-0.2, -0.15) is 0 Å². The van der Waals surface area contributed by atoms with E-state index in [1.165, 1.54) is 82.0 Å². The maximum Gasteiger partial charge on any atom is 0.0946 e. The number of quaternary nitrogens is 1. The highest BCUT2D eigenvalue weighted by Gasteiger charge is 2.24. The van der Waals surface area contributed by atoms with E-state index in [1.54, 1.807) is 0 Å². The minimum atomic E-state index is -4.03. The Bertz CT molecular complexity index is 442. The lowest BCUT2D eigenvalue weighted by Gasteiger charge is -2.39. The Morgan fingerprint density at radius 3 is 1.50 bits per heavy atom. The molecule has 1 heterocycles. The molecule has 7 heteroatoms. The third-order valence-electron chi connectivity index (χ3n) is 5.92. The predicted molar refractivity (Wildman–Crippen MR) is 126 cm³/mol. The number of morpholine rings is 1. The molecule has 6 nitrogen and oxygen atoms in total. The lowest BCUT2D eigenvalue weighted by Crippen LogP contribution is -2.50. The SMILES string of the molecule is CCCC[N+](CCCC)(CCCC)CCCC.O=S(=O)([O-])CCCN1CCOCC1. The zero-order valence-electron chi connectivity index (χ0n) is 20.4. The first kappa shape index (κ1) is 29.8. The molecular formula is C23H50N2O4S. The van der Waals surface area contributed by atoms with Crippen molar-refractivity contribution in [1.29, 1.82) is 0 Å². The van der Waals surface area contributed by atoms with E-state index < -0.39 is 10.1 Å². The standard InChI is InChI=1S/C16H36N.C7H15NO4S/c1-5-9-13-17(14-10-6-2,15-11-7-3)16-12-8-4;9-13(10,11)7-1-2-8-3-5-12-6-4-8/h5-16H2,1-4H3;1-7H2,(H,9,10,11)/q+1;/p-1. The molecule has 0 spiro atoms. The van der Waals surface area contributed by atoms with Crippen LogP contribution >= 0.6 is 0 Å². The third kappa shape index (κ3) is 16.5. The molecule has 0 aromatic rings. The summed E-state index contributed by atoms with van der Waals surface area (Å²) in [5.74, 6) is -0.260. The Morgan fingerprint density at radius 1 is 0.767 bits per heavy atom. The van der Waals surface area contributed by atoms with Gasteiger partial charge < -0.3 is 13.8 Å². The average molecular weight is 451 g/mol. The van der Waals surface area contributed by atoms with E-state index in [-0.39, 0.29) is 5.75 Å². The second-order valence-electron chi connectivity index (χ2n) is 8.72. The summed E-state index contributed by atoms with van der Waals surface area (Å²) < 4.78 is 37.4. The zero-order chi connectivity index (χ0) is 22.7. The van der Waals surface area contributed by atoms with Crippen LogP contribution in [0.15, 0.2) is 0 Å². The van der Waals surface area contributed by atoms with Crippen molar-refractivity contribution in [3.05, 3.63) is 0 Å². The van der Waals surface area contributed by atoms with Gasteiger partial charge in [0.15, 0.2) is 0 Å². The molecule has 1 aliphatic heterocycles. The van der Waals surface area contributed by atoms with Crippen molar-refractivity contribution in [2.24, 2.45) is 0 Å². The molecule has 0 unspecified atom stereocenters.